The first-order valence-corrected chi connectivity index (χ1v) is 6.28. The van der Waals surface area contributed by atoms with E-state index in [9.17, 15) is 13.2 Å². The van der Waals surface area contributed by atoms with Gasteiger partial charge in [0.25, 0.3) is 0 Å². The zero-order valence-corrected chi connectivity index (χ0v) is 10.9. The minimum atomic E-state index is -4.38. The van der Waals surface area contributed by atoms with Crippen molar-refractivity contribution in [1.29, 1.82) is 0 Å². The number of aromatic nitrogens is 1. The van der Waals surface area contributed by atoms with Crippen molar-refractivity contribution in [2.24, 2.45) is 0 Å². The predicted molar refractivity (Wildman–Crippen MR) is 76.6 cm³/mol. The van der Waals surface area contributed by atoms with Crippen molar-refractivity contribution in [1.82, 2.24) is 4.98 Å². The average molecular weight is 288 g/mol. The summed E-state index contributed by atoms with van der Waals surface area (Å²) < 4.78 is 38.3. The molecule has 21 heavy (non-hydrogen) atoms. The highest BCUT2D eigenvalue weighted by molar-refractivity contribution is 5.93. The van der Waals surface area contributed by atoms with Gasteiger partial charge in [0.2, 0.25) is 0 Å². The fraction of sp³-hybridized carbons (Fsp3) is 0.0625. The molecule has 2 aromatic carbocycles. The van der Waals surface area contributed by atoms with Crippen molar-refractivity contribution in [2.75, 3.05) is 5.73 Å². The lowest BCUT2D eigenvalue weighted by Gasteiger charge is -2.10. The van der Waals surface area contributed by atoms with Crippen LogP contribution < -0.4 is 5.73 Å². The summed E-state index contributed by atoms with van der Waals surface area (Å²) in [4.78, 5) is 4.21. The normalized spacial score (nSPS) is 11.8. The molecule has 2 N–H and O–H groups in total. The monoisotopic (exact) mass is 288 g/mol. The van der Waals surface area contributed by atoms with Gasteiger partial charge >= 0.3 is 6.18 Å². The van der Waals surface area contributed by atoms with E-state index >= 15 is 0 Å². The second kappa shape index (κ2) is 4.77. The quantitative estimate of drug-likeness (QED) is 0.716. The Hall–Kier alpha value is -2.56. The van der Waals surface area contributed by atoms with Crippen LogP contribution in [0.2, 0.25) is 0 Å². The fourth-order valence-corrected chi connectivity index (χ4v) is 2.23. The highest BCUT2D eigenvalue weighted by atomic mass is 19.4. The molecule has 0 aliphatic rings. The molecule has 5 heteroatoms. The van der Waals surface area contributed by atoms with E-state index in [1.807, 2.05) is 24.3 Å². The van der Waals surface area contributed by atoms with Gasteiger partial charge in [-0.3, -0.25) is 0 Å². The minimum Gasteiger partial charge on any atom is -0.383 e. The molecule has 106 valence electrons. The molecule has 2 nitrogen and oxygen atoms in total. The zero-order chi connectivity index (χ0) is 15.0. The SMILES string of the molecule is Nc1nc(-c2cccc(C(F)(F)F)c2)cc2ccccc12. The summed E-state index contributed by atoms with van der Waals surface area (Å²) in [6.45, 7) is 0. The lowest BCUT2D eigenvalue weighted by molar-refractivity contribution is -0.137. The van der Waals surface area contributed by atoms with Crippen LogP contribution in [0.15, 0.2) is 54.6 Å². The number of anilines is 1. The van der Waals surface area contributed by atoms with E-state index in [2.05, 4.69) is 4.98 Å². The lowest BCUT2D eigenvalue weighted by atomic mass is 10.0. The van der Waals surface area contributed by atoms with Crippen molar-refractivity contribution in [3.8, 4) is 11.3 Å². The Morgan fingerprint density at radius 1 is 0.905 bits per heavy atom. The number of benzene rings is 2. The van der Waals surface area contributed by atoms with Crippen molar-refractivity contribution >= 4 is 16.6 Å². The zero-order valence-electron chi connectivity index (χ0n) is 10.9. The maximum absolute atomic E-state index is 12.8. The summed E-state index contributed by atoms with van der Waals surface area (Å²) in [5, 5.41) is 1.63. The summed E-state index contributed by atoms with van der Waals surface area (Å²) in [6, 6.07) is 14.2. The largest absolute Gasteiger partial charge is 0.416 e. The Kier molecular flexibility index (Phi) is 3.05. The Morgan fingerprint density at radius 3 is 2.43 bits per heavy atom. The number of pyridine rings is 1. The van der Waals surface area contributed by atoms with Crippen LogP contribution in [0.25, 0.3) is 22.0 Å². The van der Waals surface area contributed by atoms with Crippen LogP contribution >= 0.6 is 0 Å². The van der Waals surface area contributed by atoms with Gasteiger partial charge in [0, 0.05) is 10.9 Å². The molecule has 3 rings (SSSR count). The molecule has 0 radical (unpaired) electrons. The number of nitrogen functional groups attached to an aromatic ring is 1. The third kappa shape index (κ3) is 2.54. The second-order valence-corrected chi connectivity index (χ2v) is 4.69. The number of alkyl halides is 3. The Labute approximate surface area is 119 Å². The third-order valence-electron chi connectivity index (χ3n) is 3.26. The van der Waals surface area contributed by atoms with E-state index in [0.29, 0.717) is 17.1 Å². The lowest BCUT2D eigenvalue weighted by Crippen LogP contribution is -2.04. The molecule has 1 heterocycles. The van der Waals surface area contributed by atoms with Gasteiger partial charge in [0.15, 0.2) is 0 Å². The molecule has 0 amide bonds. The maximum Gasteiger partial charge on any atom is 0.416 e. The number of hydrogen-bond acceptors (Lipinski definition) is 2. The van der Waals surface area contributed by atoms with Crippen molar-refractivity contribution < 1.29 is 13.2 Å². The molecule has 0 spiro atoms. The summed E-state index contributed by atoms with van der Waals surface area (Å²) >= 11 is 0. The smallest absolute Gasteiger partial charge is 0.383 e. The molecule has 3 aromatic rings. The first-order valence-electron chi connectivity index (χ1n) is 6.28. The van der Waals surface area contributed by atoms with Gasteiger partial charge in [0.05, 0.1) is 11.3 Å². The van der Waals surface area contributed by atoms with Crippen molar-refractivity contribution in [3.05, 3.63) is 60.2 Å². The van der Waals surface area contributed by atoms with Gasteiger partial charge in [-0.2, -0.15) is 13.2 Å². The van der Waals surface area contributed by atoms with Gasteiger partial charge in [-0.05, 0) is 23.6 Å². The van der Waals surface area contributed by atoms with Gasteiger partial charge in [-0.25, -0.2) is 4.98 Å². The van der Waals surface area contributed by atoms with E-state index in [1.165, 1.54) is 6.07 Å². The average Bonchev–Trinajstić information content (AvgIpc) is 2.46. The summed E-state index contributed by atoms with van der Waals surface area (Å²) in [6.07, 6.45) is -4.38. The second-order valence-electron chi connectivity index (χ2n) is 4.69. The molecule has 0 unspecified atom stereocenters. The summed E-state index contributed by atoms with van der Waals surface area (Å²) in [5.74, 6) is 0.306. The third-order valence-corrected chi connectivity index (χ3v) is 3.26. The number of fused-ring (bicyclic) bond motifs is 1. The molecular formula is C16H11F3N2. The summed E-state index contributed by atoms with van der Waals surface area (Å²) in [5.41, 5.74) is 6.00. The molecular weight excluding hydrogens is 277 g/mol. The molecule has 0 fully saturated rings. The number of nitrogens with zero attached hydrogens (tertiary/aromatic N) is 1. The van der Waals surface area contributed by atoms with Crippen molar-refractivity contribution in [3.63, 3.8) is 0 Å². The topological polar surface area (TPSA) is 38.9 Å². The van der Waals surface area contributed by atoms with Gasteiger partial charge in [0.1, 0.15) is 5.82 Å². The number of nitrogens with two attached hydrogens (primary N) is 1. The van der Waals surface area contributed by atoms with Gasteiger partial charge < -0.3 is 5.73 Å². The van der Waals surface area contributed by atoms with Crippen LogP contribution in [0.3, 0.4) is 0 Å². The highest BCUT2D eigenvalue weighted by Gasteiger charge is 2.30. The molecule has 0 saturated heterocycles. The van der Waals surface area contributed by atoms with E-state index in [1.54, 1.807) is 12.1 Å². The van der Waals surface area contributed by atoms with Crippen LogP contribution in [-0.2, 0) is 6.18 Å². The Morgan fingerprint density at radius 2 is 1.67 bits per heavy atom. The summed E-state index contributed by atoms with van der Waals surface area (Å²) in [7, 11) is 0. The molecule has 0 saturated carbocycles. The first-order chi connectivity index (χ1) is 9.95. The minimum absolute atomic E-state index is 0.306. The standard InChI is InChI=1S/C16H11F3N2/c17-16(18,19)12-6-3-5-11(8-12)14-9-10-4-1-2-7-13(10)15(20)21-14/h1-9H,(H2,20,21). The first kappa shape index (κ1) is 13.4. The molecule has 0 bridgehead atoms. The number of hydrogen-bond donors (Lipinski definition) is 1. The van der Waals surface area contributed by atoms with E-state index in [0.717, 1.165) is 22.9 Å². The highest BCUT2D eigenvalue weighted by Crippen LogP contribution is 2.33. The van der Waals surface area contributed by atoms with Crippen molar-refractivity contribution in [2.45, 2.75) is 6.18 Å². The number of rotatable bonds is 1. The van der Waals surface area contributed by atoms with E-state index in [-0.39, 0.29) is 0 Å². The van der Waals surface area contributed by atoms with E-state index in [4.69, 9.17) is 5.73 Å². The van der Waals surface area contributed by atoms with Crippen LogP contribution in [0.5, 0.6) is 0 Å². The predicted octanol–water partition coefficient (Wildman–Crippen LogP) is 4.50. The van der Waals surface area contributed by atoms with Crippen LogP contribution in [0.1, 0.15) is 5.56 Å². The van der Waals surface area contributed by atoms with Crippen LogP contribution in [-0.4, -0.2) is 4.98 Å². The molecule has 1 aromatic heterocycles. The molecule has 0 aliphatic heterocycles. The fourth-order valence-electron chi connectivity index (χ4n) is 2.23. The van der Waals surface area contributed by atoms with E-state index < -0.39 is 11.7 Å². The molecule has 0 aliphatic carbocycles. The van der Waals surface area contributed by atoms with Crippen LogP contribution in [0.4, 0.5) is 19.0 Å². The maximum atomic E-state index is 12.8. The van der Waals surface area contributed by atoms with Crippen LogP contribution in [0, 0.1) is 0 Å². The van der Waals surface area contributed by atoms with Gasteiger partial charge in [-0.1, -0.05) is 36.4 Å². The van der Waals surface area contributed by atoms with Gasteiger partial charge in [-0.15, -0.1) is 0 Å². The Balaban J connectivity index is 2.17. The Bertz CT molecular complexity index is 810. The number of halogens is 3. The molecule has 0 atom stereocenters.